The van der Waals surface area contributed by atoms with Crippen LogP contribution in [0.25, 0.3) is 22.2 Å². The number of aryl methyl sites for hydroxylation is 1. The minimum absolute atomic E-state index is 0.649. The smallest absolute Gasteiger partial charge is 0.100 e. The summed E-state index contributed by atoms with van der Waals surface area (Å²) < 4.78 is 0. The molecular formula is C17H13N3. The highest BCUT2D eigenvalue weighted by atomic mass is 14.7. The molecular weight excluding hydrogens is 246 g/mol. The van der Waals surface area contributed by atoms with E-state index in [1.54, 1.807) is 0 Å². The third-order valence-electron chi connectivity index (χ3n) is 3.41. The summed E-state index contributed by atoms with van der Waals surface area (Å²) in [5.74, 6) is 0. The van der Waals surface area contributed by atoms with Gasteiger partial charge in [0.25, 0.3) is 0 Å². The summed E-state index contributed by atoms with van der Waals surface area (Å²) in [4.78, 5) is 4.62. The van der Waals surface area contributed by atoms with Crippen LogP contribution in [0.4, 0.5) is 5.69 Å². The summed E-state index contributed by atoms with van der Waals surface area (Å²) >= 11 is 0. The first kappa shape index (κ1) is 12.2. The average Bonchev–Trinajstić information content (AvgIpc) is 2.47. The number of nitrogen functional groups attached to an aromatic ring is 1. The number of aromatic nitrogens is 1. The second kappa shape index (κ2) is 4.67. The summed E-state index contributed by atoms with van der Waals surface area (Å²) in [5, 5.41) is 10.3. The van der Waals surface area contributed by atoms with Crippen molar-refractivity contribution in [1.82, 2.24) is 4.98 Å². The van der Waals surface area contributed by atoms with Crippen LogP contribution >= 0.6 is 0 Å². The molecule has 96 valence electrons. The van der Waals surface area contributed by atoms with Gasteiger partial charge in [-0.25, -0.2) is 4.98 Å². The number of nitrogens with two attached hydrogens (primary N) is 1. The lowest BCUT2D eigenvalue weighted by Crippen LogP contribution is -1.94. The lowest BCUT2D eigenvalue weighted by atomic mass is 9.99. The Morgan fingerprint density at radius 2 is 1.85 bits per heavy atom. The molecule has 1 aromatic heterocycles. The number of fused-ring (bicyclic) bond motifs is 1. The van der Waals surface area contributed by atoms with E-state index in [1.807, 2.05) is 55.5 Å². The fraction of sp³-hybridized carbons (Fsp3) is 0.0588. The molecule has 0 saturated carbocycles. The third-order valence-corrected chi connectivity index (χ3v) is 3.41. The van der Waals surface area contributed by atoms with Gasteiger partial charge in [-0.2, -0.15) is 5.26 Å². The van der Waals surface area contributed by atoms with Gasteiger partial charge in [0.05, 0.1) is 22.5 Å². The van der Waals surface area contributed by atoms with Gasteiger partial charge in [-0.3, -0.25) is 0 Å². The number of hydrogen-bond donors (Lipinski definition) is 1. The van der Waals surface area contributed by atoms with Gasteiger partial charge in [0.15, 0.2) is 0 Å². The van der Waals surface area contributed by atoms with Crippen molar-refractivity contribution in [1.29, 1.82) is 5.26 Å². The first-order valence-corrected chi connectivity index (χ1v) is 6.36. The Hall–Kier alpha value is -2.86. The van der Waals surface area contributed by atoms with Gasteiger partial charge in [0, 0.05) is 10.9 Å². The van der Waals surface area contributed by atoms with E-state index in [1.165, 1.54) is 0 Å². The van der Waals surface area contributed by atoms with Crippen molar-refractivity contribution in [3.63, 3.8) is 0 Å². The molecule has 1 heterocycles. The van der Waals surface area contributed by atoms with Gasteiger partial charge < -0.3 is 5.73 Å². The molecule has 0 amide bonds. The molecule has 3 heteroatoms. The van der Waals surface area contributed by atoms with Crippen LogP contribution in [0, 0.1) is 18.3 Å². The van der Waals surface area contributed by atoms with E-state index in [0.717, 1.165) is 27.7 Å². The molecule has 2 aromatic carbocycles. The number of pyridine rings is 1. The highest BCUT2D eigenvalue weighted by Gasteiger charge is 2.09. The molecule has 0 bridgehead atoms. The van der Waals surface area contributed by atoms with Crippen molar-refractivity contribution >= 4 is 16.6 Å². The van der Waals surface area contributed by atoms with Gasteiger partial charge in [0.2, 0.25) is 0 Å². The van der Waals surface area contributed by atoms with E-state index < -0.39 is 0 Å². The zero-order chi connectivity index (χ0) is 14.1. The van der Waals surface area contributed by atoms with E-state index in [4.69, 9.17) is 5.73 Å². The fourth-order valence-electron chi connectivity index (χ4n) is 2.35. The molecule has 3 nitrogen and oxygen atoms in total. The maximum atomic E-state index is 9.33. The Bertz CT molecular complexity index is 844. The molecule has 2 N–H and O–H groups in total. The average molecular weight is 259 g/mol. The first-order valence-electron chi connectivity index (χ1n) is 6.36. The number of benzene rings is 2. The predicted molar refractivity (Wildman–Crippen MR) is 81.0 cm³/mol. The maximum Gasteiger partial charge on any atom is 0.100 e. The van der Waals surface area contributed by atoms with Gasteiger partial charge in [-0.1, -0.05) is 36.4 Å². The summed E-state index contributed by atoms with van der Waals surface area (Å²) in [6, 6.07) is 17.7. The quantitative estimate of drug-likeness (QED) is 0.678. The Labute approximate surface area is 117 Å². The van der Waals surface area contributed by atoms with Gasteiger partial charge >= 0.3 is 0 Å². The molecule has 3 aromatic rings. The number of anilines is 1. The van der Waals surface area contributed by atoms with Crippen molar-refractivity contribution in [2.75, 3.05) is 5.73 Å². The van der Waals surface area contributed by atoms with Crippen molar-refractivity contribution < 1.29 is 0 Å². The summed E-state index contributed by atoms with van der Waals surface area (Å²) in [6.07, 6.45) is 0. The van der Waals surface area contributed by atoms with Crippen LogP contribution in [0.1, 0.15) is 11.1 Å². The van der Waals surface area contributed by atoms with Crippen LogP contribution in [0.15, 0.2) is 48.5 Å². The van der Waals surface area contributed by atoms with Crippen molar-refractivity contribution in [3.05, 3.63) is 59.7 Å². The number of hydrogen-bond acceptors (Lipinski definition) is 3. The number of nitrogens with zero attached hydrogens (tertiary/aromatic N) is 2. The van der Waals surface area contributed by atoms with Gasteiger partial charge in [-0.05, 0) is 24.6 Å². The van der Waals surface area contributed by atoms with Gasteiger partial charge in [0.1, 0.15) is 6.07 Å². The number of para-hydroxylation sites is 1. The molecule has 0 fully saturated rings. The second-order valence-electron chi connectivity index (χ2n) is 4.72. The molecule has 0 aliphatic carbocycles. The van der Waals surface area contributed by atoms with E-state index in [2.05, 4.69) is 11.1 Å². The monoisotopic (exact) mass is 259 g/mol. The maximum absolute atomic E-state index is 9.33. The fourth-order valence-corrected chi connectivity index (χ4v) is 2.35. The van der Waals surface area contributed by atoms with Gasteiger partial charge in [-0.15, -0.1) is 0 Å². The second-order valence-corrected chi connectivity index (χ2v) is 4.72. The van der Waals surface area contributed by atoms with Crippen molar-refractivity contribution in [2.45, 2.75) is 6.92 Å². The highest BCUT2D eigenvalue weighted by molar-refractivity contribution is 5.91. The zero-order valence-electron chi connectivity index (χ0n) is 11.1. The third kappa shape index (κ3) is 1.88. The van der Waals surface area contributed by atoms with Crippen LogP contribution in [0.2, 0.25) is 0 Å². The largest absolute Gasteiger partial charge is 0.397 e. The Morgan fingerprint density at radius 3 is 2.65 bits per heavy atom. The first-order chi connectivity index (χ1) is 9.70. The number of nitriles is 1. The lowest BCUT2D eigenvalue weighted by molar-refractivity contribution is 1.35. The normalized spacial score (nSPS) is 10.4. The minimum atomic E-state index is 0.649. The van der Waals surface area contributed by atoms with E-state index >= 15 is 0 Å². The molecule has 0 atom stereocenters. The Morgan fingerprint density at radius 1 is 1.05 bits per heavy atom. The van der Waals surface area contributed by atoms with E-state index in [9.17, 15) is 5.26 Å². The van der Waals surface area contributed by atoms with Crippen LogP contribution in [-0.4, -0.2) is 4.98 Å². The van der Waals surface area contributed by atoms with E-state index in [0.29, 0.717) is 11.3 Å². The van der Waals surface area contributed by atoms with Crippen LogP contribution in [-0.2, 0) is 0 Å². The standard InChI is InChI=1S/C17H13N3/c1-11-4-2-6-13(14(11)10-18)16-9-8-12-5-3-7-15(19)17(12)20-16/h2-9H,19H2,1H3. The van der Waals surface area contributed by atoms with Crippen LogP contribution < -0.4 is 5.73 Å². The minimum Gasteiger partial charge on any atom is -0.397 e. The molecule has 0 radical (unpaired) electrons. The Kier molecular flexibility index (Phi) is 2.85. The topological polar surface area (TPSA) is 62.7 Å². The zero-order valence-corrected chi connectivity index (χ0v) is 11.1. The molecule has 3 rings (SSSR count). The SMILES string of the molecule is Cc1cccc(-c2ccc3cccc(N)c3n2)c1C#N. The summed E-state index contributed by atoms with van der Waals surface area (Å²) in [5.41, 5.74) is 10.6. The molecule has 0 unspecified atom stereocenters. The lowest BCUT2D eigenvalue weighted by Gasteiger charge is -2.08. The Balaban J connectivity index is 2.29. The number of rotatable bonds is 1. The summed E-state index contributed by atoms with van der Waals surface area (Å²) in [6.45, 7) is 1.93. The molecule has 20 heavy (non-hydrogen) atoms. The molecule has 0 aliphatic rings. The van der Waals surface area contributed by atoms with Crippen LogP contribution in [0.3, 0.4) is 0 Å². The highest BCUT2D eigenvalue weighted by Crippen LogP contribution is 2.27. The van der Waals surface area contributed by atoms with Crippen LogP contribution in [0.5, 0.6) is 0 Å². The molecule has 0 aliphatic heterocycles. The summed E-state index contributed by atoms with van der Waals surface area (Å²) in [7, 11) is 0. The molecule has 0 saturated heterocycles. The predicted octanol–water partition coefficient (Wildman–Crippen LogP) is 3.66. The van der Waals surface area contributed by atoms with Crippen molar-refractivity contribution in [2.24, 2.45) is 0 Å². The van der Waals surface area contributed by atoms with E-state index in [-0.39, 0.29) is 0 Å². The van der Waals surface area contributed by atoms with Crippen molar-refractivity contribution in [3.8, 4) is 17.3 Å². The molecule has 0 spiro atoms.